The second kappa shape index (κ2) is 7.47. The average molecular weight is 311 g/mol. The van der Waals surface area contributed by atoms with E-state index in [0.29, 0.717) is 13.2 Å². The lowest BCUT2D eigenvalue weighted by Gasteiger charge is -2.15. The molecular formula is C12H14ClF3N2O2. The first-order valence-corrected chi connectivity index (χ1v) is 6.09. The van der Waals surface area contributed by atoms with Crippen molar-refractivity contribution in [2.24, 2.45) is 0 Å². The molecular weight excluding hydrogens is 297 g/mol. The van der Waals surface area contributed by atoms with Gasteiger partial charge in [-0.05, 0) is 12.1 Å². The maximum atomic E-state index is 12.8. The molecule has 0 aliphatic heterocycles. The van der Waals surface area contributed by atoms with Crippen LogP contribution in [0.2, 0.25) is 5.02 Å². The molecule has 1 amide bonds. The van der Waals surface area contributed by atoms with Gasteiger partial charge in [0.1, 0.15) is 0 Å². The van der Waals surface area contributed by atoms with Gasteiger partial charge in [-0.3, -0.25) is 4.79 Å². The molecule has 0 radical (unpaired) electrons. The highest BCUT2D eigenvalue weighted by molar-refractivity contribution is 6.34. The van der Waals surface area contributed by atoms with Gasteiger partial charge in [0.15, 0.2) is 0 Å². The summed E-state index contributed by atoms with van der Waals surface area (Å²) < 4.78 is 43.1. The molecule has 2 N–H and O–H groups in total. The lowest BCUT2D eigenvalue weighted by Crippen LogP contribution is -2.31. The lowest BCUT2D eigenvalue weighted by molar-refractivity contribution is -0.137. The molecule has 0 aliphatic carbocycles. The van der Waals surface area contributed by atoms with Crippen LogP contribution in [0.15, 0.2) is 18.2 Å². The number of benzene rings is 1. The van der Waals surface area contributed by atoms with Crippen molar-refractivity contribution in [2.75, 3.05) is 32.1 Å². The van der Waals surface area contributed by atoms with Crippen LogP contribution in [0.5, 0.6) is 0 Å². The first-order valence-electron chi connectivity index (χ1n) is 5.71. The second-order valence-electron chi connectivity index (χ2n) is 3.88. The highest BCUT2D eigenvalue weighted by Crippen LogP contribution is 2.38. The molecule has 0 aromatic heterocycles. The van der Waals surface area contributed by atoms with Crippen molar-refractivity contribution in [1.82, 2.24) is 5.32 Å². The van der Waals surface area contributed by atoms with Gasteiger partial charge in [-0.25, -0.2) is 0 Å². The number of rotatable bonds is 6. The number of alkyl halides is 3. The molecule has 4 nitrogen and oxygen atoms in total. The monoisotopic (exact) mass is 310 g/mol. The third kappa shape index (κ3) is 4.99. The molecule has 112 valence electrons. The Morgan fingerprint density at radius 2 is 2.10 bits per heavy atom. The highest BCUT2D eigenvalue weighted by Gasteiger charge is 2.34. The van der Waals surface area contributed by atoms with Gasteiger partial charge < -0.3 is 15.4 Å². The van der Waals surface area contributed by atoms with Crippen molar-refractivity contribution in [3.63, 3.8) is 0 Å². The Balaban J connectivity index is 2.74. The molecule has 0 saturated carbocycles. The number of methoxy groups -OCH3 is 1. The molecule has 1 aromatic carbocycles. The van der Waals surface area contributed by atoms with E-state index < -0.39 is 23.3 Å². The van der Waals surface area contributed by atoms with Crippen molar-refractivity contribution in [3.05, 3.63) is 28.8 Å². The Labute approximate surface area is 119 Å². The molecule has 1 rings (SSSR count). The van der Waals surface area contributed by atoms with E-state index in [2.05, 4.69) is 10.6 Å². The first-order chi connectivity index (χ1) is 9.36. The number of halogens is 4. The van der Waals surface area contributed by atoms with Crippen LogP contribution in [0.3, 0.4) is 0 Å². The zero-order chi connectivity index (χ0) is 15.2. The van der Waals surface area contributed by atoms with Crippen LogP contribution in [0.4, 0.5) is 18.9 Å². The summed E-state index contributed by atoms with van der Waals surface area (Å²) in [6, 6.07) is 3.32. The number of para-hydroxylation sites is 1. The van der Waals surface area contributed by atoms with E-state index in [1.165, 1.54) is 19.2 Å². The van der Waals surface area contributed by atoms with Gasteiger partial charge in [0.25, 0.3) is 0 Å². The molecule has 0 heterocycles. The van der Waals surface area contributed by atoms with E-state index in [4.69, 9.17) is 16.3 Å². The Morgan fingerprint density at radius 3 is 2.70 bits per heavy atom. The van der Waals surface area contributed by atoms with Crippen LogP contribution in [0, 0.1) is 0 Å². The molecule has 0 spiro atoms. The Morgan fingerprint density at radius 1 is 1.40 bits per heavy atom. The van der Waals surface area contributed by atoms with Crippen LogP contribution in [-0.4, -0.2) is 32.7 Å². The fourth-order valence-electron chi connectivity index (χ4n) is 1.45. The van der Waals surface area contributed by atoms with Crippen molar-refractivity contribution >= 4 is 23.2 Å². The quantitative estimate of drug-likeness (QED) is 0.794. The average Bonchev–Trinajstić information content (AvgIpc) is 2.36. The normalized spacial score (nSPS) is 11.4. The fraction of sp³-hybridized carbons (Fsp3) is 0.417. The van der Waals surface area contributed by atoms with Crippen molar-refractivity contribution in [2.45, 2.75) is 6.18 Å². The van der Waals surface area contributed by atoms with Crippen LogP contribution in [0.25, 0.3) is 0 Å². The van der Waals surface area contributed by atoms with Gasteiger partial charge >= 0.3 is 6.18 Å². The molecule has 0 saturated heterocycles. The van der Waals surface area contributed by atoms with Crippen molar-refractivity contribution in [1.29, 1.82) is 0 Å². The predicted molar refractivity (Wildman–Crippen MR) is 69.8 cm³/mol. The molecule has 0 bridgehead atoms. The van der Waals surface area contributed by atoms with Crippen molar-refractivity contribution in [3.8, 4) is 0 Å². The molecule has 0 atom stereocenters. The maximum absolute atomic E-state index is 12.8. The van der Waals surface area contributed by atoms with Crippen LogP contribution in [0.1, 0.15) is 5.56 Å². The van der Waals surface area contributed by atoms with Gasteiger partial charge in [-0.2, -0.15) is 13.2 Å². The molecule has 20 heavy (non-hydrogen) atoms. The maximum Gasteiger partial charge on any atom is 0.418 e. The number of ether oxygens (including phenoxy) is 1. The van der Waals surface area contributed by atoms with E-state index in [1.807, 2.05) is 0 Å². The third-order valence-corrected chi connectivity index (χ3v) is 2.67. The number of hydrogen-bond acceptors (Lipinski definition) is 3. The summed E-state index contributed by atoms with van der Waals surface area (Å²) in [5.74, 6) is -0.611. The molecule has 0 aliphatic rings. The number of amides is 1. The first kappa shape index (κ1) is 16.7. The standard InChI is InChI=1S/C12H14ClF3N2O2/c1-20-6-5-17-7-10(19)18-11-8(12(14,15)16)3-2-4-9(11)13/h2-4,17H,5-7H2,1H3,(H,18,19). The van der Waals surface area contributed by atoms with Crippen molar-refractivity contribution < 1.29 is 22.7 Å². The second-order valence-corrected chi connectivity index (χ2v) is 4.29. The van der Waals surface area contributed by atoms with Gasteiger partial charge in [-0.1, -0.05) is 17.7 Å². The van der Waals surface area contributed by atoms with Gasteiger partial charge in [0, 0.05) is 13.7 Å². The largest absolute Gasteiger partial charge is 0.418 e. The summed E-state index contributed by atoms with van der Waals surface area (Å²) in [7, 11) is 1.50. The minimum atomic E-state index is -4.59. The summed E-state index contributed by atoms with van der Waals surface area (Å²) in [5.41, 5.74) is -1.41. The summed E-state index contributed by atoms with van der Waals surface area (Å²) in [6.45, 7) is 0.678. The summed E-state index contributed by atoms with van der Waals surface area (Å²) in [4.78, 5) is 11.6. The third-order valence-electron chi connectivity index (χ3n) is 2.35. The minimum Gasteiger partial charge on any atom is -0.383 e. The van der Waals surface area contributed by atoms with E-state index in [-0.39, 0.29) is 11.6 Å². The van der Waals surface area contributed by atoms with E-state index in [1.54, 1.807) is 0 Å². The fourth-order valence-corrected chi connectivity index (χ4v) is 1.67. The zero-order valence-electron chi connectivity index (χ0n) is 10.7. The number of hydrogen-bond donors (Lipinski definition) is 2. The van der Waals surface area contributed by atoms with E-state index >= 15 is 0 Å². The molecule has 8 heteroatoms. The summed E-state index contributed by atoms with van der Waals surface area (Å²) in [6.07, 6.45) is -4.59. The predicted octanol–water partition coefficient (Wildman–Crippen LogP) is 2.53. The number of carbonyl (C=O) groups is 1. The SMILES string of the molecule is COCCNCC(=O)Nc1c(Cl)cccc1C(F)(F)F. The van der Waals surface area contributed by atoms with Crippen LogP contribution in [-0.2, 0) is 15.7 Å². The minimum absolute atomic E-state index is 0.133. The highest BCUT2D eigenvalue weighted by atomic mass is 35.5. The molecule has 0 fully saturated rings. The van der Waals surface area contributed by atoms with Gasteiger partial charge in [-0.15, -0.1) is 0 Å². The van der Waals surface area contributed by atoms with E-state index in [9.17, 15) is 18.0 Å². The Hall–Kier alpha value is -1.31. The smallest absolute Gasteiger partial charge is 0.383 e. The Kier molecular flexibility index (Phi) is 6.25. The lowest BCUT2D eigenvalue weighted by atomic mass is 10.1. The van der Waals surface area contributed by atoms with E-state index in [0.717, 1.165) is 6.07 Å². The number of nitrogens with one attached hydrogen (secondary N) is 2. The number of carbonyl (C=O) groups excluding carboxylic acids is 1. The van der Waals surface area contributed by atoms with Crippen LogP contribution < -0.4 is 10.6 Å². The van der Waals surface area contributed by atoms with Gasteiger partial charge in [0.2, 0.25) is 5.91 Å². The summed E-state index contributed by atoms with van der Waals surface area (Å²) in [5, 5.41) is 4.73. The Bertz CT molecular complexity index is 467. The topological polar surface area (TPSA) is 50.4 Å². The summed E-state index contributed by atoms with van der Waals surface area (Å²) >= 11 is 5.71. The number of anilines is 1. The van der Waals surface area contributed by atoms with Gasteiger partial charge in [0.05, 0.1) is 29.4 Å². The molecule has 0 unspecified atom stereocenters. The zero-order valence-corrected chi connectivity index (χ0v) is 11.4. The van der Waals surface area contributed by atoms with Crippen LogP contribution >= 0.6 is 11.6 Å². The molecule has 1 aromatic rings.